The van der Waals surface area contributed by atoms with Crippen molar-refractivity contribution in [2.24, 2.45) is 0 Å². The second kappa shape index (κ2) is 5.41. The molecule has 0 amide bonds. The van der Waals surface area contributed by atoms with Gasteiger partial charge in [-0.05, 0) is 6.07 Å². The Bertz CT molecular complexity index is 561. The average molecular weight is 291 g/mol. The molecule has 0 saturated heterocycles. The number of rotatable bonds is 5. The highest BCUT2D eigenvalue weighted by atomic mass is 32.2. The van der Waals surface area contributed by atoms with E-state index in [1.165, 1.54) is 0 Å². The largest absolute Gasteiger partial charge is 0.478 e. The minimum absolute atomic E-state index is 0.546. The number of nitrogens with zero attached hydrogens (tertiary/aromatic N) is 1. The van der Waals surface area contributed by atoms with Crippen molar-refractivity contribution in [1.29, 1.82) is 0 Å². The summed E-state index contributed by atoms with van der Waals surface area (Å²) >= 11 is -2.84. The van der Waals surface area contributed by atoms with Crippen molar-refractivity contribution in [3.63, 3.8) is 0 Å². The highest BCUT2D eigenvalue weighted by Gasteiger charge is 2.29. The molecule has 102 valence electrons. The first-order chi connectivity index (χ1) is 8.73. The molecule has 1 aromatic carbocycles. The molecule has 0 aliphatic rings. The van der Waals surface area contributed by atoms with Crippen LogP contribution >= 0.6 is 0 Å². The van der Waals surface area contributed by atoms with E-state index in [9.17, 15) is 23.9 Å². The lowest BCUT2D eigenvalue weighted by Crippen LogP contribution is -2.12. The van der Waals surface area contributed by atoms with Gasteiger partial charge in [0.05, 0.1) is 16.6 Å². The molecule has 1 atom stereocenters. The van der Waals surface area contributed by atoms with E-state index in [0.717, 1.165) is 0 Å². The van der Waals surface area contributed by atoms with Gasteiger partial charge in [-0.25, -0.2) is 9.59 Å². The van der Waals surface area contributed by atoms with E-state index >= 15 is 0 Å². The molecule has 1 unspecified atom stereocenters. The van der Waals surface area contributed by atoms with Crippen LogP contribution < -0.4 is 4.18 Å². The number of carboxylic acids is 2. The zero-order valence-electron chi connectivity index (χ0n) is 8.80. The van der Waals surface area contributed by atoms with E-state index in [4.69, 9.17) is 14.8 Å². The van der Waals surface area contributed by atoms with E-state index in [-0.39, 0.29) is 0 Å². The van der Waals surface area contributed by atoms with Crippen LogP contribution in [0.15, 0.2) is 12.1 Å². The number of carboxylic acid groups (broad SMARTS) is 2. The summed E-state index contributed by atoms with van der Waals surface area (Å²) in [4.78, 5) is 31.3. The minimum Gasteiger partial charge on any atom is -0.478 e. The fraction of sp³-hybridized carbons (Fsp3) is 0. The Labute approximate surface area is 106 Å². The number of nitro groups is 1. The first kappa shape index (κ1) is 14.5. The van der Waals surface area contributed by atoms with Crippen molar-refractivity contribution >= 4 is 29.0 Å². The molecular formula is C8H5NO9S. The van der Waals surface area contributed by atoms with E-state index < -0.39 is 50.8 Å². The predicted octanol–water partition coefficient (Wildman–Crippen LogP) is 0.507. The quantitative estimate of drug-likeness (QED) is 0.398. The van der Waals surface area contributed by atoms with E-state index in [1.807, 2.05) is 0 Å². The molecule has 19 heavy (non-hydrogen) atoms. The van der Waals surface area contributed by atoms with Gasteiger partial charge < -0.3 is 14.4 Å². The number of hydrogen-bond donors (Lipinski definition) is 3. The van der Waals surface area contributed by atoms with Crippen LogP contribution in [0.1, 0.15) is 20.7 Å². The maximum Gasteiger partial charge on any atom is 0.357 e. The summed E-state index contributed by atoms with van der Waals surface area (Å²) in [5.41, 5.74) is -3.04. The van der Waals surface area contributed by atoms with Gasteiger partial charge in [0, 0.05) is 0 Å². The lowest BCUT2D eigenvalue weighted by atomic mass is 10.0. The third-order valence-electron chi connectivity index (χ3n) is 1.90. The molecule has 3 N–H and O–H groups in total. The van der Waals surface area contributed by atoms with Crippen LogP contribution in [-0.2, 0) is 11.4 Å². The van der Waals surface area contributed by atoms with Gasteiger partial charge in [0.15, 0.2) is 5.56 Å². The summed E-state index contributed by atoms with van der Waals surface area (Å²) in [6.45, 7) is 0. The summed E-state index contributed by atoms with van der Waals surface area (Å²) < 4.78 is 23.1. The van der Waals surface area contributed by atoms with Crippen LogP contribution in [0.4, 0.5) is 5.69 Å². The van der Waals surface area contributed by atoms with Gasteiger partial charge in [-0.2, -0.15) is 4.21 Å². The first-order valence-corrected chi connectivity index (χ1v) is 5.35. The Morgan fingerprint density at radius 3 is 2.21 bits per heavy atom. The van der Waals surface area contributed by atoms with Crippen LogP contribution in [0.5, 0.6) is 5.75 Å². The Kier molecular flexibility index (Phi) is 4.14. The molecule has 0 bridgehead atoms. The highest BCUT2D eigenvalue weighted by Crippen LogP contribution is 2.29. The fourth-order valence-corrected chi connectivity index (χ4v) is 1.53. The summed E-state index contributed by atoms with van der Waals surface area (Å²) in [6.07, 6.45) is 0. The van der Waals surface area contributed by atoms with Gasteiger partial charge in [0.25, 0.3) is 5.69 Å². The molecule has 0 aromatic heterocycles. The second-order valence-electron chi connectivity index (χ2n) is 3.03. The molecule has 10 nitrogen and oxygen atoms in total. The molecule has 1 rings (SSSR count). The van der Waals surface area contributed by atoms with Crippen LogP contribution in [0, 0.1) is 10.1 Å². The molecule has 1 aromatic rings. The van der Waals surface area contributed by atoms with Gasteiger partial charge in [-0.1, -0.05) is 0 Å². The van der Waals surface area contributed by atoms with Crippen molar-refractivity contribution in [2.45, 2.75) is 0 Å². The van der Waals surface area contributed by atoms with Crippen molar-refractivity contribution in [2.75, 3.05) is 0 Å². The molecule has 0 spiro atoms. The standard InChI is InChI=1S/C8H5NO9S/c10-7(11)4-1-3(18-19(16)17)2-5(9(14)15)6(4)8(12)13/h1-2H,(H,10,11)(H,12,13)(H,16,17). The molecule has 0 fully saturated rings. The van der Waals surface area contributed by atoms with E-state index in [2.05, 4.69) is 4.18 Å². The van der Waals surface area contributed by atoms with Crippen LogP contribution in [0.25, 0.3) is 0 Å². The number of aromatic carboxylic acids is 2. The predicted molar refractivity (Wildman–Crippen MR) is 58.4 cm³/mol. The summed E-state index contributed by atoms with van der Waals surface area (Å²) in [7, 11) is 0. The Hall–Kier alpha value is -2.53. The topological polar surface area (TPSA) is 164 Å². The number of benzene rings is 1. The maximum absolute atomic E-state index is 10.9. The lowest BCUT2D eigenvalue weighted by Gasteiger charge is -2.06. The van der Waals surface area contributed by atoms with Crippen molar-refractivity contribution in [3.05, 3.63) is 33.4 Å². The van der Waals surface area contributed by atoms with Crippen molar-refractivity contribution in [1.82, 2.24) is 0 Å². The zero-order valence-corrected chi connectivity index (χ0v) is 9.62. The van der Waals surface area contributed by atoms with E-state index in [1.54, 1.807) is 0 Å². The van der Waals surface area contributed by atoms with Crippen molar-refractivity contribution < 1.29 is 37.7 Å². The van der Waals surface area contributed by atoms with Gasteiger partial charge in [-0.15, -0.1) is 0 Å². The van der Waals surface area contributed by atoms with Gasteiger partial charge in [0.2, 0.25) is 0 Å². The minimum atomic E-state index is -2.84. The Morgan fingerprint density at radius 2 is 1.84 bits per heavy atom. The zero-order chi connectivity index (χ0) is 14.7. The van der Waals surface area contributed by atoms with Gasteiger partial charge in [0.1, 0.15) is 5.75 Å². The molecule has 0 radical (unpaired) electrons. The van der Waals surface area contributed by atoms with Crippen LogP contribution in [0.2, 0.25) is 0 Å². The lowest BCUT2D eigenvalue weighted by molar-refractivity contribution is -0.385. The molecule has 0 aliphatic carbocycles. The van der Waals surface area contributed by atoms with Crippen LogP contribution in [0.3, 0.4) is 0 Å². The third kappa shape index (κ3) is 3.23. The highest BCUT2D eigenvalue weighted by molar-refractivity contribution is 7.74. The molecule has 11 heteroatoms. The van der Waals surface area contributed by atoms with Gasteiger partial charge >= 0.3 is 23.3 Å². The Morgan fingerprint density at radius 1 is 1.26 bits per heavy atom. The molecular weight excluding hydrogens is 286 g/mol. The number of carbonyl (C=O) groups is 2. The SMILES string of the molecule is O=C(O)c1cc(OS(=O)O)cc([N+](=O)[O-])c1C(=O)O. The smallest absolute Gasteiger partial charge is 0.357 e. The Balaban J connectivity index is 3.62. The third-order valence-corrected chi connectivity index (χ3v) is 2.23. The molecule has 0 saturated carbocycles. The first-order valence-electron chi connectivity index (χ1n) is 4.32. The summed E-state index contributed by atoms with van der Waals surface area (Å²) in [6, 6.07) is 1.15. The maximum atomic E-state index is 10.9. The monoisotopic (exact) mass is 291 g/mol. The van der Waals surface area contributed by atoms with Crippen molar-refractivity contribution in [3.8, 4) is 5.75 Å². The normalized spacial score (nSPS) is 11.6. The molecule has 0 heterocycles. The summed E-state index contributed by atoms with van der Waals surface area (Å²) in [5, 5.41) is 28.3. The second-order valence-corrected chi connectivity index (χ2v) is 3.63. The van der Waals surface area contributed by atoms with Gasteiger partial charge in [-0.3, -0.25) is 14.7 Å². The number of hydrogen-bond acceptors (Lipinski definition) is 6. The van der Waals surface area contributed by atoms with Crippen LogP contribution in [-0.4, -0.2) is 35.8 Å². The van der Waals surface area contributed by atoms with E-state index in [0.29, 0.717) is 12.1 Å². The average Bonchev–Trinajstić information content (AvgIpc) is 2.26. The number of nitro benzene ring substituents is 1. The fourth-order valence-electron chi connectivity index (χ4n) is 1.27. The summed E-state index contributed by atoms with van der Waals surface area (Å²) in [5.74, 6) is -4.19. The molecule has 0 aliphatic heterocycles.